The average Bonchev–Trinajstić information content (AvgIpc) is 3.59. The smallest absolute Gasteiger partial charge is 0.160 e. The second kappa shape index (κ2) is 13.0. The summed E-state index contributed by atoms with van der Waals surface area (Å²) in [6.45, 7) is 0. The van der Waals surface area contributed by atoms with Gasteiger partial charge < -0.3 is 0 Å². The summed E-state index contributed by atoms with van der Waals surface area (Å²) in [6, 6.07) is 75.0. The maximum absolute atomic E-state index is 5.29. The van der Waals surface area contributed by atoms with Gasteiger partial charge in [-0.05, 0) is 102 Å². The molecule has 1 aliphatic heterocycles. The van der Waals surface area contributed by atoms with E-state index in [0.717, 1.165) is 33.6 Å². The van der Waals surface area contributed by atoms with Gasteiger partial charge in [0, 0.05) is 26.5 Å². The standard InChI is InChI=1S/C55H34N2S/c1-2-14-36(15-3-1)50-34-51(40-27-29-43-39(32-40)26-25-35-13-4-5-18-42(35)43)57-54(56-50)41-17-12-16-37(31-41)38-28-30-53-49(33-38)55(48-23-10-11-24-52(48)58-53)46-21-8-6-19-44(46)45-20-7-9-22-47(45)55/h1-34H. The van der Waals surface area contributed by atoms with Crippen molar-refractivity contribution >= 4 is 33.3 Å². The van der Waals surface area contributed by atoms with Crippen LogP contribution in [0.2, 0.25) is 0 Å². The van der Waals surface area contributed by atoms with Gasteiger partial charge >= 0.3 is 0 Å². The Hall–Kier alpha value is -7.07. The molecule has 10 aromatic rings. The van der Waals surface area contributed by atoms with Gasteiger partial charge in [-0.3, -0.25) is 0 Å². The van der Waals surface area contributed by atoms with Crippen molar-refractivity contribution in [2.45, 2.75) is 15.2 Å². The Balaban J connectivity index is 1.01. The lowest BCUT2D eigenvalue weighted by Crippen LogP contribution is -2.32. The zero-order chi connectivity index (χ0) is 38.2. The molecule has 58 heavy (non-hydrogen) atoms. The molecule has 0 unspecified atom stereocenters. The third kappa shape index (κ3) is 5.00. The molecule has 1 spiro atoms. The summed E-state index contributed by atoms with van der Waals surface area (Å²) >= 11 is 1.88. The van der Waals surface area contributed by atoms with Crippen molar-refractivity contribution in [1.29, 1.82) is 0 Å². The van der Waals surface area contributed by atoms with E-state index in [9.17, 15) is 0 Å². The number of rotatable bonds is 4. The molecular formula is C55H34N2S. The van der Waals surface area contributed by atoms with Crippen LogP contribution in [0, 0.1) is 0 Å². The van der Waals surface area contributed by atoms with Crippen LogP contribution in [0.3, 0.4) is 0 Å². The van der Waals surface area contributed by atoms with Crippen molar-refractivity contribution in [3.05, 3.63) is 229 Å². The van der Waals surface area contributed by atoms with Gasteiger partial charge in [0.2, 0.25) is 0 Å². The summed E-state index contributed by atoms with van der Waals surface area (Å²) < 4.78 is 0. The Bertz CT molecular complexity index is 3230. The number of benzene rings is 9. The molecule has 2 nitrogen and oxygen atoms in total. The maximum atomic E-state index is 5.29. The number of fused-ring (bicyclic) bond motifs is 12. The van der Waals surface area contributed by atoms with E-state index in [1.165, 1.54) is 70.3 Å². The molecule has 270 valence electrons. The minimum atomic E-state index is -0.424. The molecule has 12 rings (SSSR count). The summed E-state index contributed by atoms with van der Waals surface area (Å²) in [5, 5.41) is 4.94. The summed E-state index contributed by atoms with van der Waals surface area (Å²) in [4.78, 5) is 13.1. The molecule has 0 bridgehead atoms. The van der Waals surface area contributed by atoms with E-state index in [1.807, 2.05) is 17.8 Å². The highest BCUT2D eigenvalue weighted by molar-refractivity contribution is 7.99. The lowest BCUT2D eigenvalue weighted by molar-refractivity contribution is 0.723. The summed E-state index contributed by atoms with van der Waals surface area (Å²) in [5.41, 5.74) is 14.8. The van der Waals surface area contributed by atoms with Gasteiger partial charge in [-0.2, -0.15) is 0 Å². The Morgan fingerprint density at radius 2 is 0.914 bits per heavy atom. The summed E-state index contributed by atoms with van der Waals surface area (Å²) in [7, 11) is 0. The molecule has 0 amide bonds. The zero-order valence-corrected chi connectivity index (χ0v) is 32.2. The van der Waals surface area contributed by atoms with Crippen molar-refractivity contribution in [3.63, 3.8) is 0 Å². The van der Waals surface area contributed by atoms with E-state index in [2.05, 4.69) is 200 Å². The van der Waals surface area contributed by atoms with E-state index in [1.54, 1.807) is 0 Å². The largest absolute Gasteiger partial charge is 0.228 e. The topological polar surface area (TPSA) is 25.8 Å². The average molecular weight is 755 g/mol. The minimum Gasteiger partial charge on any atom is -0.228 e. The van der Waals surface area contributed by atoms with E-state index >= 15 is 0 Å². The zero-order valence-electron chi connectivity index (χ0n) is 31.4. The molecule has 2 heterocycles. The molecule has 0 radical (unpaired) electrons. The highest BCUT2D eigenvalue weighted by Crippen LogP contribution is 2.62. The number of nitrogens with zero attached hydrogens (tertiary/aromatic N) is 2. The van der Waals surface area contributed by atoms with Gasteiger partial charge in [-0.1, -0.05) is 182 Å². The Morgan fingerprint density at radius 1 is 0.328 bits per heavy atom. The quantitative estimate of drug-likeness (QED) is 0.167. The Labute approximate surface area is 341 Å². The van der Waals surface area contributed by atoms with Crippen LogP contribution in [-0.4, -0.2) is 9.97 Å². The van der Waals surface area contributed by atoms with E-state index in [-0.39, 0.29) is 0 Å². The van der Waals surface area contributed by atoms with E-state index in [4.69, 9.17) is 9.97 Å². The molecule has 9 aromatic carbocycles. The second-order valence-corrected chi connectivity index (χ2v) is 16.4. The third-order valence-corrected chi connectivity index (χ3v) is 13.3. The first-order valence-corrected chi connectivity index (χ1v) is 20.6. The number of aromatic nitrogens is 2. The van der Waals surface area contributed by atoms with Crippen LogP contribution in [0.15, 0.2) is 216 Å². The highest BCUT2D eigenvalue weighted by Gasteiger charge is 2.50. The van der Waals surface area contributed by atoms with Crippen LogP contribution in [0.4, 0.5) is 0 Å². The molecular weight excluding hydrogens is 721 g/mol. The predicted octanol–water partition coefficient (Wildman–Crippen LogP) is 14.3. The monoisotopic (exact) mass is 754 g/mol. The lowest BCUT2D eigenvalue weighted by Gasteiger charge is -2.40. The molecule has 0 saturated heterocycles. The van der Waals surface area contributed by atoms with Crippen molar-refractivity contribution in [3.8, 4) is 56.2 Å². The molecule has 0 saturated carbocycles. The molecule has 0 atom stereocenters. The van der Waals surface area contributed by atoms with Gasteiger partial charge in [-0.15, -0.1) is 0 Å². The predicted molar refractivity (Wildman–Crippen MR) is 240 cm³/mol. The SMILES string of the molecule is c1ccc(-c2cc(-c3ccc4c(ccc5ccccc54)c3)nc(-c3cccc(-c4ccc5c(c4)C4(c6ccccc6S5)c5ccccc5-c5ccccc54)c3)n2)cc1. The van der Waals surface area contributed by atoms with Gasteiger partial charge in [0.15, 0.2) is 5.82 Å². The first-order valence-electron chi connectivity index (χ1n) is 19.8. The number of hydrogen-bond donors (Lipinski definition) is 0. The van der Waals surface area contributed by atoms with Gasteiger partial charge in [0.1, 0.15) is 0 Å². The highest BCUT2D eigenvalue weighted by atomic mass is 32.2. The molecule has 1 aromatic heterocycles. The third-order valence-electron chi connectivity index (χ3n) is 12.1. The molecule has 2 aliphatic rings. The van der Waals surface area contributed by atoms with E-state index < -0.39 is 5.41 Å². The van der Waals surface area contributed by atoms with Crippen molar-refractivity contribution < 1.29 is 0 Å². The minimum absolute atomic E-state index is 0.424. The fourth-order valence-corrected chi connectivity index (χ4v) is 10.7. The van der Waals surface area contributed by atoms with Crippen LogP contribution in [0.1, 0.15) is 22.3 Å². The Morgan fingerprint density at radius 3 is 1.74 bits per heavy atom. The summed E-state index contributed by atoms with van der Waals surface area (Å²) in [5.74, 6) is 0.703. The molecule has 0 N–H and O–H groups in total. The van der Waals surface area contributed by atoms with Crippen LogP contribution >= 0.6 is 11.8 Å². The van der Waals surface area contributed by atoms with Crippen LogP contribution < -0.4 is 0 Å². The van der Waals surface area contributed by atoms with Gasteiger partial charge in [0.05, 0.1) is 16.8 Å². The van der Waals surface area contributed by atoms with Crippen molar-refractivity contribution in [2.24, 2.45) is 0 Å². The lowest BCUT2D eigenvalue weighted by atomic mass is 9.67. The van der Waals surface area contributed by atoms with Crippen LogP contribution in [-0.2, 0) is 5.41 Å². The summed E-state index contributed by atoms with van der Waals surface area (Å²) in [6.07, 6.45) is 0. The molecule has 1 aliphatic carbocycles. The van der Waals surface area contributed by atoms with E-state index in [0.29, 0.717) is 5.82 Å². The first-order chi connectivity index (χ1) is 28.7. The normalized spacial score (nSPS) is 13.2. The maximum Gasteiger partial charge on any atom is 0.160 e. The fraction of sp³-hybridized carbons (Fsp3) is 0.0182. The van der Waals surface area contributed by atoms with Crippen molar-refractivity contribution in [2.75, 3.05) is 0 Å². The molecule has 3 heteroatoms. The number of hydrogen-bond acceptors (Lipinski definition) is 3. The van der Waals surface area contributed by atoms with Crippen molar-refractivity contribution in [1.82, 2.24) is 9.97 Å². The second-order valence-electron chi connectivity index (χ2n) is 15.3. The van der Waals surface area contributed by atoms with Gasteiger partial charge in [-0.25, -0.2) is 9.97 Å². The van der Waals surface area contributed by atoms with Crippen LogP contribution in [0.25, 0.3) is 77.7 Å². The van der Waals surface area contributed by atoms with Gasteiger partial charge in [0.25, 0.3) is 0 Å². The fourth-order valence-electron chi connectivity index (χ4n) is 9.53. The van der Waals surface area contributed by atoms with Crippen LogP contribution in [0.5, 0.6) is 0 Å². The molecule has 0 fully saturated rings. The Kier molecular flexibility index (Phi) is 7.41. The first kappa shape index (κ1) is 33.1.